The molecule has 0 N–H and O–H groups in total. The van der Waals surface area contributed by atoms with E-state index in [-0.39, 0.29) is 12.4 Å². The van der Waals surface area contributed by atoms with Crippen molar-refractivity contribution in [3.05, 3.63) is 58.9 Å². The third-order valence-corrected chi connectivity index (χ3v) is 3.58. The van der Waals surface area contributed by atoms with E-state index in [0.29, 0.717) is 17.5 Å². The Morgan fingerprint density at radius 2 is 1.73 bits per heavy atom. The lowest BCUT2D eigenvalue weighted by molar-refractivity contribution is 0.133. The highest BCUT2D eigenvalue weighted by atomic mass is 19.1. The fraction of sp³-hybridized carbons (Fsp3) is 0.294. The summed E-state index contributed by atoms with van der Waals surface area (Å²) in [4.78, 5) is 0. The van der Waals surface area contributed by atoms with Crippen molar-refractivity contribution >= 4 is 0 Å². The number of halogens is 3. The third-order valence-electron chi connectivity index (χ3n) is 3.58. The van der Waals surface area contributed by atoms with Crippen LogP contribution in [0.1, 0.15) is 25.0 Å². The van der Waals surface area contributed by atoms with Gasteiger partial charge in [0, 0.05) is 12.0 Å². The molecule has 2 aromatic carbocycles. The normalized spacial score (nSPS) is 15.3. The van der Waals surface area contributed by atoms with Crippen molar-refractivity contribution in [2.75, 3.05) is 0 Å². The number of ether oxygens (including phenoxy) is 2. The Kier molecular flexibility index (Phi) is 3.51. The van der Waals surface area contributed by atoms with Crippen molar-refractivity contribution in [1.82, 2.24) is 0 Å². The van der Waals surface area contributed by atoms with Crippen LogP contribution in [0.25, 0.3) is 0 Å². The van der Waals surface area contributed by atoms with Crippen molar-refractivity contribution in [3.8, 4) is 11.5 Å². The first-order chi connectivity index (χ1) is 10.4. The molecule has 0 unspecified atom stereocenters. The van der Waals surface area contributed by atoms with E-state index in [1.165, 1.54) is 12.1 Å². The molecule has 3 rings (SSSR count). The molecule has 0 bridgehead atoms. The van der Waals surface area contributed by atoms with Crippen molar-refractivity contribution in [2.24, 2.45) is 0 Å². The van der Waals surface area contributed by atoms with E-state index >= 15 is 0 Å². The first kappa shape index (κ1) is 14.8. The zero-order valence-corrected chi connectivity index (χ0v) is 12.3. The van der Waals surface area contributed by atoms with Gasteiger partial charge in [-0.2, -0.15) is 0 Å². The molecule has 22 heavy (non-hydrogen) atoms. The molecule has 0 aliphatic carbocycles. The minimum Gasteiger partial charge on any atom is -0.484 e. The van der Waals surface area contributed by atoms with Gasteiger partial charge in [-0.05, 0) is 37.6 Å². The Morgan fingerprint density at radius 1 is 1.05 bits per heavy atom. The lowest BCUT2D eigenvalue weighted by Gasteiger charge is -2.16. The summed E-state index contributed by atoms with van der Waals surface area (Å²) in [6.07, 6.45) is 0.512. The van der Waals surface area contributed by atoms with Gasteiger partial charge in [-0.3, -0.25) is 0 Å². The van der Waals surface area contributed by atoms with E-state index < -0.39 is 28.8 Å². The second kappa shape index (κ2) is 5.23. The highest BCUT2D eigenvalue weighted by molar-refractivity contribution is 5.46. The van der Waals surface area contributed by atoms with Crippen LogP contribution in [0.4, 0.5) is 13.2 Å². The fourth-order valence-corrected chi connectivity index (χ4v) is 2.59. The van der Waals surface area contributed by atoms with Crippen molar-refractivity contribution in [1.29, 1.82) is 0 Å². The Morgan fingerprint density at radius 3 is 2.41 bits per heavy atom. The lowest BCUT2D eigenvalue weighted by atomic mass is 9.97. The first-order valence-corrected chi connectivity index (χ1v) is 6.93. The maximum Gasteiger partial charge on any atom is 0.191 e. The maximum atomic E-state index is 13.8. The van der Waals surface area contributed by atoms with Crippen LogP contribution < -0.4 is 9.47 Å². The van der Waals surface area contributed by atoms with Crippen molar-refractivity contribution in [2.45, 2.75) is 32.5 Å². The van der Waals surface area contributed by atoms with E-state index in [2.05, 4.69) is 0 Å². The quantitative estimate of drug-likeness (QED) is 0.837. The molecular weight excluding hydrogens is 293 g/mol. The summed E-state index contributed by atoms with van der Waals surface area (Å²) in [6.45, 7) is 3.65. The van der Waals surface area contributed by atoms with Gasteiger partial charge >= 0.3 is 0 Å². The van der Waals surface area contributed by atoms with Crippen LogP contribution in [-0.2, 0) is 13.0 Å². The molecule has 5 heteroatoms. The molecule has 1 heterocycles. The average Bonchev–Trinajstić information content (AvgIpc) is 2.77. The molecule has 0 amide bonds. The van der Waals surface area contributed by atoms with Gasteiger partial charge in [-0.25, -0.2) is 13.2 Å². The summed E-state index contributed by atoms with van der Waals surface area (Å²) < 4.78 is 51.8. The van der Waals surface area contributed by atoms with Crippen LogP contribution in [0.2, 0.25) is 0 Å². The molecule has 2 aromatic rings. The number of benzene rings is 2. The monoisotopic (exact) mass is 308 g/mol. The summed E-state index contributed by atoms with van der Waals surface area (Å²) in [7, 11) is 0. The first-order valence-electron chi connectivity index (χ1n) is 6.93. The number of hydrogen-bond acceptors (Lipinski definition) is 2. The van der Waals surface area contributed by atoms with Crippen LogP contribution in [0.5, 0.6) is 11.5 Å². The molecular formula is C17H15F3O2. The van der Waals surface area contributed by atoms with Crippen molar-refractivity contribution < 1.29 is 22.6 Å². The van der Waals surface area contributed by atoms with Gasteiger partial charge < -0.3 is 9.47 Å². The van der Waals surface area contributed by atoms with Gasteiger partial charge in [0.2, 0.25) is 0 Å². The highest BCUT2D eigenvalue weighted by Gasteiger charge is 2.34. The van der Waals surface area contributed by atoms with E-state index in [1.807, 2.05) is 13.8 Å². The van der Waals surface area contributed by atoms with Gasteiger partial charge in [0.25, 0.3) is 0 Å². The Bertz CT molecular complexity index is 706. The molecule has 0 atom stereocenters. The lowest BCUT2D eigenvalue weighted by Crippen LogP contribution is -2.25. The van der Waals surface area contributed by atoms with E-state index in [1.54, 1.807) is 6.07 Å². The smallest absolute Gasteiger partial charge is 0.191 e. The van der Waals surface area contributed by atoms with Crippen molar-refractivity contribution in [3.63, 3.8) is 0 Å². The average molecular weight is 308 g/mol. The fourth-order valence-electron chi connectivity index (χ4n) is 2.59. The largest absolute Gasteiger partial charge is 0.484 e. The number of rotatable bonds is 3. The zero-order valence-electron chi connectivity index (χ0n) is 12.3. The van der Waals surface area contributed by atoms with Gasteiger partial charge in [-0.1, -0.05) is 12.1 Å². The molecule has 2 nitrogen and oxygen atoms in total. The van der Waals surface area contributed by atoms with E-state index in [9.17, 15) is 13.2 Å². The van der Waals surface area contributed by atoms with Crippen LogP contribution in [0.3, 0.4) is 0 Å². The zero-order chi connectivity index (χ0) is 15.9. The summed E-state index contributed by atoms with van der Waals surface area (Å²) in [5.74, 6) is -2.22. The summed E-state index contributed by atoms with van der Waals surface area (Å²) in [5, 5.41) is 0. The summed E-state index contributed by atoms with van der Waals surface area (Å²) >= 11 is 0. The Labute approximate surface area is 126 Å². The van der Waals surface area contributed by atoms with Gasteiger partial charge in [-0.15, -0.1) is 0 Å². The maximum absolute atomic E-state index is 13.8. The third kappa shape index (κ3) is 2.63. The molecule has 0 aromatic heterocycles. The minimum absolute atomic E-state index is 0.0556. The van der Waals surface area contributed by atoms with Gasteiger partial charge in [0.1, 0.15) is 12.2 Å². The predicted octanol–water partition coefficient (Wildman–Crippen LogP) is 4.40. The molecule has 116 valence electrons. The van der Waals surface area contributed by atoms with Crippen LogP contribution in [-0.4, -0.2) is 5.60 Å². The van der Waals surface area contributed by atoms with Gasteiger partial charge in [0.05, 0.1) is 0 Å². The highest BCUT2D eigenvalue weighted by Crippen LogP contribution is 2.39. The summed E-state index contributed by atoms with van der Waals surface area (Å²) in [5.41, 5.74) is 0.828. The predicted molar refractivity (Wildman–Crippen MR) is 75.5 cm³/mol. The summed E-state index contributed by atoms with van der Waals surface area (Å²) in [6, 6.07) is 6.34. The molecule has 0 radical (unpaired) electrons. The van der Waals surface area contributed by atoms with E-state index in [0.717, 1.165) is 12.1 Å². The Hall–Kier alpha value is -2.17. The van der Waals surface area contributed by atoms with Crippen LogP contribution >= 0.6 is 0 Å². The Balaban J connectivity index is 1.88. The number of fused-ring (bicyclic) bond motifs is 1. The van der Waals surface area contributed by atoms with Gasteiger partial charge in [0.15, 0.2) is 29.0 Å². The topological polar surface area (TPSA) is 18.5 Å². The number of hydrogen-bond donors (Lipinski definition) is 0. The standard InChI is InChI=1S/C17H15F3O2/c1-17(2)8-11-10(6-7-14(20)15(11)22-17)9-21-16-12(18)4-3-5-13(16)19/h3-7H,8-9H2,1-2H3. The molecule has 0 fully saturated rings. The molecule has 1 aliphatic heterocycles. The van der Waals surface area contributed by atoms with E-state index in [4.69, 9.17) is 9.47 Å². The molecule has 0 saturated carbocycles. The minimum atomic E-state index is -0.768. The second-order valence-corrected chi connectivity index (χ2v) is 5.89. The SMILES string of the molecule is CC1(C)Cc2c(COc3c(F)cccc3F)ccc(F)c2O1. The van der Waals surface area contributed by atoms with Crippen LogP contribution in [0.15, 0.2) is 30.3 Å². The molecule has 0 spiro atoms. The number of para-hydroxylation sites is 1. The second-order valence-electron chi connectivity index (χ2n) is 5.89. The van der Waals surface area contributed by atoms with Crippen LogP contribution in [0, 0.1) is 17.5 Å². The molecule has 0 saturated heterocycles. The molecule has 1 aliphatic rings.